The molecule has 2 aromatic heterocycles. The summed E-state index contributed by atoms with van der Waals surface area (Å²) < 4.78 is 37.4. The molecule has 3 nitrogen and oxygen atoms in total. The Kier molecular flexibility index (Phi) is 1.99. The molecule has 0 fully saturated rings. The van der Waals surface area contributed by atoms with Gasteiger partial charge in [0.05, 0.1) is 11.7 Å². The predicted molar refractivity (Wildman–Crippen MR) is 46.5 cm³/mol. The first-order valence-corrected chi connectivity index (χ1v) is 4.34. The topological polar surface area (TPSA) is 30.7 Å². The van der Waals surface area contributed by atoms with Crippen LogP contribution >= 0.6 is 15.9 Å². The van der Waals surface area contributed by atoms with E-state index in [1.54, 1.807) is 0 Å². The maximum atomic E-state index is 12.3. The molecule has 0 N–H and O–H groups in total. The fraction of sp³-hybridized carbons (Fsp3) is 0.143. The molecule has 2 aromatic rings. The maximum absolute atomic E-state index is 12.3. The van der Waals surface area contributed by atoms with Crippen molar-refractivity contribution >= 4 is 26.8 Å². The second-order valence-corrected chi connectivity index (χ2v) is 3.40. The van der Waals surface area contributed by atoms with Crippen molar-refractivity contribution in [3.05, 3.63) is 23.1 Å². The van der Waals surface area contributed by atoms with Crippen LogP contribution in [0.1, 0.15) is 0 Å². The van der Waals surface area contributed by atoms with Gasteiger partial charge in [0.1, 0.15) is 4.60 Å². The number of pyridine rings is 1. The molecule has 0 amide bonds. The van der Waals surface area contributed by atoms with E-state index >= 15 is 0 Å². The van der Waals surface area contributed by atoms with Gasteiger partial charge in [0.25, 0.3) is 0 Å². The van der Waals surface area contributed by atoms with E-state index in [0.29, 0.717) is 9.99 Å². The summed E-state index contributed by atoms with van der Waals surface area (Å²) in [7, 11) is 0. The SMILES string of the molecule is FC(F)(F)n1ncc2cnc(Br)cc21. The van der Waals surface area contributed by atoms with E-state index in [9.17, 15) is 13.2 Å². The minimum Gasteiger partial charge on any atom is -0.249 e. The molecule has 0 aromatic carbocycles. The lowest BCUT2D eigenvalue weighted by Gasteiger charge is -2.06. The lowest BCUT2D eigenvalue weighted by atomic mass is 10.3. The molecule has 0 saturated carbocycles. The van der Waals surface area contributed by atoms with E-state index < -0.39 is 6.30 Å². The molecule has 0 aliphatic rings. The summed E-state index contributed by atoms with van der Waals surface area (Å²) in [5.74, 6) is 0. The molecule has 7 heteroatoms. The minimum atomic E-state index is -4.50. The van der Waals surface area contributed by atoms with Crippen LogP contribution in [-0.4, -0.2) is 14.8 Å². The van der Waals surface area contributed by atoms with Gasteiger partial charge in [-0.05, 0) is 22.0 Å². The molecule has 2 rings (SSSR count). The Morgan fingerprint density at radius 2 is 2.00 bits per heavy atom. The van der Waals surface area contributed by atoms with Gasteiger partial charge < -0.3 is 0 Å². The van der Waals surface area contributed by atoms with Crippen molar-refractivity contribution in [1.82, 2.24) is 14.8 Å². The summed E-state index contributed by atoms with van der Waals surface area (Å²) in [5.41, 5.74) is -0.0145. The summed E-state index contributed by atoms with van der Waals surface area (Å²) in [5, 5.41) is 3.59. The summed E-state index contributed by atoms with van der Waals surface area (Å²) >= 11 is 3.00. The summed E-state index contributed by atoms with van der Waals surface area (Å²) in [4.78, 5) is 3.80. The van der Waals surface area contributed by atoms with Crippen LogP contribution in [0.25, 0.3) is 10.9 Å². The average Bonchev–Trinajstić information content (AvgIpc) is 2.45. The first-order valence-electron chi connectivity index (χ1n) is 3.55. The van der Waals surface area contributed by atoms with Crippen LogP contribution in [0.2, 0.25) is 0 Å². The quantitative estimate of drug-likeness (QED) is 0.686. The zero-order valence-electron chi connectivity index (χ0n) is 6.59. The molecular weight excluding hydrogens is 263 g/mol. The minimum absolute atomic E-state index is 0.00870. The van der Waals surface area contributed by atoms with Crippen LogP contribution in [0.5, 0.6) is 0 Å². The molecule has 0 aliphatic carbocycles. The highest BCUT2D eigenvalue weighted by atomic mass is 79.9. The van der Waals surface area contributed by atoms with Gasteiger partial charge in [0, 0.05) is 11.6 Å². The molecule has 0 bridgehead atoms. The Morgan fingerprint density at radius 3 is 2.64 bits per heavy atom. The summed E-state index contributed by atoms with van der Waals surface area (Å²) in [6, 6.07) is 1.27. The van der Waals surface area contributed by atoms with Crippen molar-refractivity contribution in [3.8, 4) is 0 Å². The summed E-state index contributed by atoms with van der Waals surface area (Å²) in [6.07, 6.45) is -2.04. The Hall–Kier alpha value is -1.11. The Bertz CT molecular complexity index is 476. The van der Waals surface area contributed by atoms with Gasteiger partial charge in [-0.15, -0.1) is 13.2 Å². The van der Waals surface area contributed by atoms with E-state index in [0.717, 1.165) is 6.20 Å². The molecule has 0 atom stereocenters. The molecule has 0 radical (unpaired) electrons. The third-order valence-corrected chi connectivity index (χ3v) is 2.09. The van der Waals surface area contributed by atoms with Gasteiger partial charge >= 0.3 is 6.30 Å². The number of halogens is 4. The smallest absolute Gasteiger partial charge is 0.249 e. The van der Waals surface area contributed by atoms with Gasteiger partial charge in [-0.25, -0.2) is 4.98 Å². The number of rotatable bonds is 0. The van der Waals surface area contributed by atoms with Gasteiger partial charge in [0.2, 0.25) is 0 Å². The number of aromatic nitrogens is 3. The number of hydrogen-bond donors (Lipinski definition) is 0. The first-order chi connectivity index (χ1) is 6.48. The van der Waals surface area contributed by atoms with Crippen LogP contribution in [0.15, 0.2) is 23.1 Å². The lowest BCUT2D eigenvalue weighted by Crippen LogP contribution is -2.17. The van der Waals surface area contributed by atoms with Crippen molar-refractivity contribution in [3.63, 3.8) is 0 Å². The Morgan fingerprint density at radius 1 is 1.29 bits per heavy atom. The van der Waals surface area contributed by atoms with E-state index in [1.807, 2.05) is 0 Å². The predicted octanol–water partition coefficient (Wildman–Crippen LogP) is 2.67. The number of nitrogens with zero attached hydrogens (tertiary/aromatic N) is 3. The highest BCUT2D eigenvalue weighted by Crippen LogP contribution is 2.27. The monoisotopic (exact) mass is 265 g/mol. The zero-order valence-corrected chi connectivity index (χ0v) is 8.17. The average molecular weight is 266 g/mol. The fourth-order valence-corrected chi connectivity index (χ4v) is 1.42. The van der Waals surface area contributed by atoms with Gasteiger partial charge in [0.15, 0.2) is 0 Å². The number of alkyl halides is 3. The zero-order chi connectivity index (χ0) is 10.3. The van der Waals surface area contributed by atoms with Crippen LogP contribution < -0.4 is 0 Å². The first kappa shape index (κ1) is 9.45. The number of fused-ring (bicyclic) bond motifs is 1. The highest BCUT2D eigenvalue weighted by Gasteiger charge is 2.33. The van der Waals surface area contributed by atoms with Gasteiger partial charge in [-0.2, -0.15) is 9.78 Å². The molecule has 2 heterocycles. The van der Waals surface area contributed by atoms with Crippen molar-refractivity contribution in [2.24, 2.45) is 0 Å². The van der Waals surface area contributed by atoms with Crippen molar-refractivity contribution in [1.29, 1.82) is 0 Å². The second kappa shape index (κ2) is 2.94. The highest BCUT2D eigenvalue weighted by molar-refractivity contribution is 9.10. The normalized spacial score (nSPS) is 12.3. The second-order valence-electron chi connectivity index (χ2n) is 2.59. The van der Waals surface area contributed by atoms with E-state index in [-0.39, 0.29) is 10.2 Å². The van der Waals surface area contributed by atoms with Crippen molar-refractivity contribution < 1.29 is 13.2 Å². The largest absolute Gasteiger partial charge is 0.505 e. The molecule has 0 spiro atoms. The van der Waals surface area contributed by atoms with E-state index in [4.69, 9.17) is 0 Å². The van der Waals surface area contributed by atoms with Crippen molar-refractivity contribution in [2.75, 3.05) is 0 Å². The third-order valence-electron chi connectivity index (χ3n) is 1.66. The molecule has 74 valence electrons. The van der Waals surface area contributed by atoms with Gasteiger partial charge in [-0.1, -0.05) is 0 Å². The van der Waals surface area contributed by atoms with Gasteiger partial charge in [-0.3, -0.25) is 0 Å². The maximum Gasteiger partial charge on any atom is 0.505 e. The Labute approximate surface area is 84.7 Å². The molecular formula is C7H3BrF3N3. The van der Waals surface area contributed by atoms with Crippen molar-refractivity contribution in [2.45, 2.75) is 6.30 Å². The third kappa shape index (κ3) is 1.47. The fourth-order valence-electron chi connectivity index (χ4n) is 1.10. The van der Waals surface area contributed by atoms with Crippen LogP contribution in [0, 0.1) is 0 Å². The molecule has 0 saturated heterocycles. The molecule has 14 heavy (non-hydrogen) atoms. The summed E-state index contributed by atoms with van der Waals surface area (Å²) in [6.45, 7) is 0. The molecule has 0 unspecified atom stereocenters. The van der Waals surface area contributed by atoms with E-state index in [2.05, 4.69) is 26.0 Å². The lowest BCUT2D eigenvalue weighted by molar-refractivity contribution is -0.209. The van der Waals surface area contributed by atoms with Crippen LogP contribution in [-0.2, 0) is 6.30 Å². The van der Waals surface area contributed by atoms with E-state index in [1.165, 1.54) is 12.3 Å². The number of hydrogen-bond acceptors (Lipinski definition) is 2. The van der Waals surface area contributed by atoms with Crippen LogP contribution in [0.3, 0.4) is 0 Å². The standard InChI is InChI=1S/C7H3BrF3N3/c8-6-1-5-4(2-12-6)3-13-14(5)7(9,10)11/h1-3H. The molecule has 0 aliphatic heterocycles. The van der Waals surface area contributed by atoms with Crippen LogP contribution in [0.4, 0.5) is 13.2 Å². The Balaban J connectivity index is 2.73.